The smallest absolute Gasteiger partial charge is 0.294 e. The van der Waals surface area contributed by atoms with E-state index in [-0.39, 0.29) is 4.90 Å². The van der Waals surface area contributed by atoms with Crippen molar-refractivity contribution < 1.29 is 13.0 Å². The fourth-order valence-electron chi connectivity index (χ4n) is 1.50. The monoisotopic (exact) mass is 318 g/mol. The van der Waals surface area contributed by atoms with Crippen molar-refractivity contribution in [2.24, 2.45) is 0 Å². The number of thiazole rings is 1. The van der Waals surface area contributed by atoms with E-state index in [9.17, 15) is 8.42 Å². The van der Waals surface area contributed by atoms with E-state index in [1.807, 2.05) is 6.92 Å². The zero-order valence-electron chi connectivity index (χ0n) is 9.92. The van der Waals surface area contributed by atoms with E-state index in [1.165, 1.54) is 23.5 Å². The Bertz CT molecular complexity index is 698. The maximum absolute atomic E-state index is 11.1. The highest BCUT2D eigenvalue weighted by atomic mass is 35.5. The van der Waals surface area contributed by atoms with Gasteiger partial charge in [-0.3, -0.25) is 4.55 Å². The fourth-order valence-corrected chi connectivity index (χ4v) is 2.92. The normalized spacial score (nSPS) is 11.5. The average molecular weight is 319 g/mol. The van der Waals surface area contributed by atoms with E-state index in [1.54, 1.807) is 12.3 Å². The molecule has 8 heteroatoms. The Labute approximate surface area is 120 Å². The first kappa shape index (κ1) is 14.3. The maximum atomic E-state index is 11.1. The second-order valence-corrected chi connectivity index (χ2v) is 7.00. The molecule has 0 aliphatic rings. The molecule has 2 N–H and O–H groups in total. The standard InChI is InChI=1S/C11H11ClN2O3S2/c1-7-2-3-9(19(15,16)17)4-10(7)13-5-8-6-14-11(12)18-8/h2-4,6,13H,5H2,1H3,(H,15,16,17). The molecule has 1 heterocycles. The number of nitrogens with zero attached hydrogens (tertiary/aromatic N) is 1. The van der Waals surface area contributed by atoms with Gasteiger partial charge in [-0.15, -0.1) is 11.3 Å². The van der Waals surface area contributed by atoms with Crippen LogP contribution in [0.5, 0.6) is 0 Å². The minimum Gasteiger partial charge on any atom is -0.380 e. The molecular formula is C11H11ClN2O3S2. The Hall–Kier alpha value is -1.15. The molecule has 0 saturated heterocycles. The van der Waals surface area contributed by atoms with Gasteiger partial charge in [0, 0.05) is 16.8 Å². The number of aromatic nitrogens is 1. The van der Waals surface area contributed by atoms with Crippen molar-refractivity contribution in [3.8, 4) is 0 Å². The van der Waals surface area contributed by atoms with Gasteiger partial charge in [0.15, 0.2) is 4.47 Å². The Kier molecular flexibility index (Phi) is 4.10. The van der Waals surface area contributed by atoms with E-state index >= 15 is 0 Å². The van der Waals surface area contributed by atoms with E-state index in [0.717, 1.165) is 10.4 Å². The van der Waals surface area contributed by atoms with Gasteiger partial charge in [-0.25, -0.2) is 4.98 Å². The van der Waals surface area contributed by atoms with Gasteiger partial charge in [0.25, 0.3) is 10.1 Å². The molecule has 1 aromatic heterocycles. The van der Waals surface area contributed by atoms with Crippen LogP contribution < -0.4 is 5.32 Å². The van der Waals surface area contributed by atoms with Crippen molar-refractivity contribution >= 4 is 38.7 Å². The number of benzene rings is 1. The largest absolute Gasteiger partial charge is 0.380 e. The molecule has 0 saturated carbocycles. The summed E-state index contributed by atoms with van der Waals surface area (Å²) in [4.78, 5) is 4.71. The van der Waals surface area contributed by atoms with Crippen LogP contribution in [-0.4, -0.2) is 18.0 Å². The highest BCUT2D eigenvalue weighted by Crippen LogP contribution is 2.23. The van der Waals surface area contributed by atoms with Crippen molar-refractivity contribution in [1.82, 2.24) is 4.98 Å². The minimum atomic E-state index is -4.19. The summed E-state index contributed by atoms with van der Waals surface area (Å²) in [7, 11) is -4.19. The van der Waals surface area contributed by atoms with Crippen LogP contribution >= 0.6 is 22.9 Å². The van der Waals surface area contributed by atoms with Crippen molar-refractivity contribution in [2.45, 2.75) is 18.4 Å². The third kappa shape index (κ3) is 3.66. The summed E-state index contributed by atoms with van der Waals surface area (Å²) < 4.78 is 31.6. The number of rotatable bonds is 4. The van der Waals surface area contributed by atoms with Crippen LogP contribution in [-0.2, 0) is 16.7 Å². The van der Waals surface area contributed by atoms with Crippen LogP contribution in [0.4, 0.5) is 5.69 Å². The molecule has 0 spiro atoms. The lowest BCUT2D eigenvalue weighted by atomic mass is 10.2. The van der Waals surface area contributed by atoms with Gasteiger partial charge in [0.1, 0.15) is 0 Å². The lowest BCUT2D eigenvalue weighted by molar-refractivity contribution is 0.483. The molecule has 1 aromatic carbocycles. The Morgan fingerprint density at radius 1 is 1.47 bits per heavy atom. The molecule has 5 nitrogen and oxygen atoms in total. The van der Waals surface area contributed by atoms with Gasteiger partial charge in [-0.1, -0.05) is 17.7 Å². The summed E-state index contributed by atoms with van der Waals surface area (Å²) >= 11 is 7.07. The zero-order valence-corrected chi connectivity index (χ0v) is 12.3. The SMILES string of the molecule is Cc1ccc(S(=O)(=O)O)cc1NCc1cnc(Cl)s1. The topological polar surface area (TPSA) is 79.3 Å². The quantitative estimate of drug-likeness (QED) is 0.847. The van der Waals surface area contributed by atoms with E-state index < -0.39 is 10.1 Å². The first-order valence-electron chi connectivity index (χ1n) is 5.28. The Morgan fingerprint density at radius 2 is 2.21 bits per heavy atom. The van der Waals surface area contributed by atoms with Crippen molar-refractivity contribution in [3.05, 3.63) is 39.3 Å². The summed E-state index contributed by atoms with van der Waals surface area (Å²) in [5.74, 6) is 0. The number of hydrogen-bond acceptors (Lipinski definition) is 5. The summed E-state index contributed by atoms with van der Waals surface area (Å²) in [5.41, 5.74) is 1.52. The summed E-state index contributed by atoms with van der Waals surface area (Å²) in [5, 5.41) is 3.09. The minimum absolute atomic E-state index is 0.136. The van der Waals surface area contributed by atoms with Gasteiger partial charge >= 0.3 is 0 Å². The van der Waals surface area contributed by atoms with Crippen molar-refractivity contribution in [1.29, 1.82) is 0 Å². The van der Waals surface area contributed by atoms with Crippen LogP contribution in [0.2, 0.25) is 4.47 Å². The number of nitrogens with one attached hydrogen (secondary N) is 1. The molecule has 0 unspecified atom stereocenters. The van der Waals surface area contributed by atoms with Crippen molar-refractivity contribution in [3.63, 3.8) is 0 Å². The first-order chi connectivity index (χ1) is 8.86. The third-order valence-electron chi connectivity index (χ3n) is 2.49. The van der Waals surface area contributed by atoms with Gasteiger partial charge in [-0.05, 0) is 24.6 Å². The third-order valence-corrected chi connectivity index (χ3v) is 4.45. The Balaban J connectivity index is 2.20. The molecule has 2 rings (SSSR count). The van der Waals surface area contributed by atoms with E-state index in [0.29, 0.717) is 16.7 Å². The molecule has 0 bridgehead atoms. The first-order valence-corrected chi connectivity index (χ1v) is 7.92. The predicted octanol–water partition coefficient (Wildman–Crippen LogP) is 2.96. The average Bonchev–Trinajstić information content (AvgIpc) is 2.72. The van der Waals surface area contributed by atoms with Crippen LogP contribution in [0.3, 0.4) is 0 Å². The summed E-state index contributed by atoms with van der Waals surface area (Å²) in [6.07, 6.45) is 1.65. The number of aryl methyl sites for hydroxylation is 1. The molecule has 2 aromatic rings. The highest BCUT2D eigenvalue weighted by molar-refractivity contribution is 7.85. The zero-order chi connectivity index (χ0) is 14.0. The van der Waals surface area contributed by atoms with E-state index in [4.69, 9.17) is 16.2 Å². The Morgan fingerprint density at radius 3 is 2.79 bits per heavy atom. The van der Waals surface area contributed by atoms with Gasteiger partial charge < -0.3 is 5.32 Å². The molecular weight excluding hydrogens is 308 g/mol. The predicted molar refractivity (Wildman–Crippen MR) is 75.4 cm³/mol. The summed E-state index contributed by atoms with van der Waals surface area (Å²) in [6, 6.07) is 4.39. The molecule has 0 aliphatic carbocycles. The highest BCUT2D eigenvalue weighted by Gasteiger charge is 2.11. The second-order valence-electron chi connectivity index (χ2n) is 3.88. The van der Waals surface area contributed by atoms with Crippen LogP contribution in [0.1, 0.15) is 10.4 Å². The molecule has 0 aliphatic heterocycles. The van der Waals surface area contributed by atoms with Crippen LogP contribution in [0.25, 0.3) is 0 Å². The van der Waals surface area contributed by atoms with Crippen molar-refractivity contribution in [2.75, 3.05) is 5.32 Å². The molecule has 102 valence electrons. The molecule has 0 amide bonds. The fraction of sp³-hybridized carbons (Fsp3) is 0.182. The van der Waals surface area contributed by atoms with Crippen LogP contribution in [0, 0.1) is 6.92 Å². The molecule has 0 fully saturated rings. The van der Waals surface area contributed by atoms with Gasteiger partial charge in [-0.2, -0.15) is 8.42 Å². The molecule has 19 heavy (non-hydrogen) atoms. The number of halogens is 1. The van der Waals surface area contributed by atoms with E-state index in [2.05, 4.69) is 10.3 Å². The van der Waals surface area contributed by atoms with Crippen LogP contribution in [0.15, 0.2) is 29.3 Å². The maximum Gasteiger partial charge on any atom is 0.294 e. The molecule has 0 radical (unpaired) electrons. The lowest BCUT2D eigenvalue weighted by Gasteiger charge is -2.09. The number of anilines is 1. The number of hydrogen-bond donors (Lipinski definition) is 2. The second kappa shape index (κ2) is 5.46. The summed E-state index contributed by atoms with van der Waals surface area (Å²) in [6.45, 7) is 2.33. The lowest BCUT2D eigenvalue weighted by Crippen LogP contribution is -2.03. The van der Waals surface area contributed by atoms with Gasteiger partial charge in [0.05, 0.1) is 11.4 Å². The van der Waals surface area contributed by atoms with Gasteiger partial charge in [0.2, 0.25) is 0 Å². The molecule has 0 atom stereocenters.